The Labute approximate surface area is 721 Å². The lowest BCUT2D eigenvalue weighted by Gasteiger charge is -2.17. The van der Waals surface area contributed by atoms with Crippen molar-refractivity contribution in [2.75, 3.05) is 26.4 Å². The molecule has 0 aliphatic heterocycles. The molecule has 4 saturated carbocycles. The van der Waals surface area contributed by atoms with Gasteiger partial charge < -0.3 is 18.9 Å². The molecule has 4 aliphatic rings. The second kappa shape index (κ2) is 41.3. The number of unbranched alkanes of at least 4 members (excludes halogenated alkanes) is 4. The first kappa shape index (κ1) is 89.6. The maximum absolute atomic E-state index is 14.9. The van der Waals surface area contributed by atoms with Crippen molar-refractivity contribution in [3.8, 4) is 91.8 Å². The van der Waals surface area contributed by atoms with Gasteiger partial charge in [-0.2, -0.15) is 24.3 Å². The zero-order valence-electron chi connectivity index (χ0n) is 68.6. The summed E-state index contributed by atoms with van der Waals surface area (Å²) in [5, 5.41) is -0.121. The standard InChI is InChI=1S/C25H24FN3O2.C24H21ClFN3O2.C24H21F2N3O2.C24H22FN3O2.CH4/c1-4-5-14-31-24-16(2)25(30)29(20-11-8-18(9-12-20)17-6-7-17)23(28-24)19-10-13-22(27-3)21(26)15-19;1-3-4-13-31-23-21(25)24(30)29(18-10-7-16(8-11-18)15-5-6-15)22(28-23)17-9-12-20(27-2)19(26)14-17;1-3-4-13-31-23-21(26)24(30)29(18-10-7-16(8-11-18)15-5-6-15)22(28-23)17-9-12-20(27-2)19(25)14-17;1-3-4-13-30-22-15-23(29)28(19-10-7-17(8-11-19)16-5-6-16)24(27-22)18-9-12-21(26-2)20(25)14-18;/h8-13,15,17H,4-7,14H2,1-2H3;2*7-12,14-15H,3-6,13H2,1H3;7-12,14-16H,3-6,13H2,1H3;1H4. The summed E-state index contributed by atoms with van der Waals surface area (Å²) in [6, 6.07) is 48.6. The van der Waals surface area contributed by atoms with Gasteiger partial charge in [0.25, 0.3) is 33.9 Å². The van der Waals surface area contributed by atoms with Crippen molar-refractivity contribution in [3.63, 3.8) is 0 Å². The summed E-state index contributed by atoms with van der Waals surface area (Å²) in [6.07, 6.45) is 16.2. The van der Waals surface area contributed by atoms with Crippen LogP contribution in [0.5, 0.6) is 23.5 Å². The number of benzene rings is 8. The van der Waals surface area contributed by atoms with Gasteiger partial charge in [-0.1, -0.05) is 169 Å². The number of rotatable bonds is 28. The highest BCUT2D eigenvalue weighted by Crippen LogP contribution is 2.44. The van der Waals surface area contributed by atoms with E-state index in [0.29, 0.717) is 94.9 Å². The van der Waals surface area contributed by atoms with Gasteiger partial charge in [0.15, 0.2) is 28.3 Å². The maximum Gasteiger partial charge on any atom is 0.298 e. The molecule has 4 aliphatic carbocycles. The van der Waals surface area contributed by atoms with Gasteiger partial charge in [-0.25, -0.2) is 36.9 Å². The van der Waals surface area contributed by atoms with E-state index in [1.807, 2.05) is 106 Å². The van der Waals surface area contributed by atoms with Crippen molar-refractivity contribution in [1.29, 1.82) is 0 Å². The second-order valence-electron chi connectivity index (χ2n) is 30.4. The van der Waals surface area contributed by atoms with E-state index in [9.17, 15) is 41.1 Å². The Morgan fingerprint density at radius 1 is 0.363 bits per heavy atom. The fourth-order valence-corrected chi connectivity index (χ4v) is 13.8. The molecule has 634 valence electrons. The van der Waals surface area contributed by atoms with Gasteiger partial charge in [0.2, 0.25) is 40.4 Å². The van der Waals surface area contributed by atoms with Crippen molar-refractivity contribution in [2.45, 2.75) is 168 Å². The molecule has 0 amide bonds. The summed E-state index contributed by atoms with van der Waals surface area (Å²) >= 11 is 6.32. The number of ether oxygens (including phenoxy) is 4. The third kappa shape index (κ3) is 21.3. The molecule has 16 rings (SSSR count). The quantitative estimate of drug-likeness (QED) is 0.0256. The molecule has 26 heteroatoms. The van der Waals surface area contributed by atoms with Crippen LogP contribution in [0.4, 0.5) is 44.7 Å². The first-order valence-corrected chi connectivity index (χ1v) is 41.6. The summed E-state index contributed by atoms with van der Waals surface area (Å²) < 4.78 is 100. The van der Waals surface area contributed by atoms with Crippen molar-refractivity contribution in [1.82, 2.24) is 38.2 Å². The Hall–Kier alpha value is -13.6. The molecule has 12 aromatic rings. The highest BCUT2D eigenvalue weighted by molar-refractivity contribution is 6.31. The van der Waals surface area contributed by atoms with Crippen molar-refractivity contribution >= 4 is 34.4 Å². The van der Waals surface area contributed by atoms with Crippen molar-refractivity contribution in [2.24, 2.45) is 0 Å². The highest BCUT2D eigenvalue weighted by Gasteiger charge is 2.30. The van der Waals surface area contributed by atoms with E-state index in [0.717, 1.165) is 68.4 Å². The van der Waals surface area contributed by atoms with E-state index < -0.39 is 46.1 Å². The molecular weight excluding hydrogens is 1600 g/mol. The lowest BCUT2D eigenvalue weighted by atomic mass is 10.1. The Morgan fingerprint density at radius 2 is 0.645 bits per heavy atom. The van der Waals surface area contributed by atoms with Crippen LogP contribution in [0.1, 0.15) is 189 Å². The molecule has 8 aromatic carbocycles. The van der Waals surface area contributed by atoms with E-state index in [1.165, 1.54) is 129 Å². The molecule has 124 heavy (non-hydrogen) atoms. The molecule has 20 nitrogen and oxygen atoms in total. The van der Waals surface area contributed by atoms with Crippen LogP contribution in [0.25, 0.3) is 87.7 Å². The molecule has 4 aromatic heterocycles. The van der Waals surface area contributed by atoms with Crippen LogP contribution in [0.2, 0.25) is 5.02 Å². The summed E-state index contributed by atoms with van der Waals surface area (Å²) in [6.45, 7) is 39.5. The fraction of sp³-hybridized carbons (Fsp3) is 0.306. The fourth-order valence-electron chi connectivity index (χ4n) is 13.6. The van der Waals surface area contributed by atoms with Gasteiger partial charge in [0.1, 0.15) is 23.3 Å². The number of nitrogens with zero attached hydrogens (tertiary/aromatic N) is 12. The molecule has 0 saturated heterocycles. The second-order valence-corrected chi connectivity index (χ2v) is 30.7. The van der Waals surface area contributed by atoms with E-state index in [-0.39, 0.29) is 99.4 Å². The minimum absolute atomic E-state index is 0. The number of halogens is 6. The smallest absolute Gasteiger partial charge is 0.298 e. The number of aromatic nitrogens is 8. The van der Waals surface area contributed by atoms with Gasteiger partial charge in [0, 0.05) is 22.3 Å². The molecule has 0 unspecified atom stereocenters. The lowest BCUT2D eigenvalue weighted by molar-refractivity contribution is 0.279. The Bertz CT molecular complexity index is 5860. The average Bonchev–Trinajstić information content (AvgIpc) is 1.72. The normalized spacial score (nSPS) is 13.0. The molecule has 0 bridgehead atoms. The molecule has 4 fully saturated rings. The van der Waals surface area contributed by atoms with Gasteiger partial charge in [-0.15, -0.1) is 0 Å². The van der Waals surface area contributed by atoms with Crippen LogP contribution in [0.15, 0.2) is 195 Å². The van der Waals surface area contributed by atoms with Crippen LogP contribution in [-0.2, 0) is 0 Å². The van der Waals surface area contributed by atoms with Crippen molar-refractivity contribution < 1.29 is 40.9 Å². The molecule has 0 radical (unpaired) electrons. The van der Waals surface area contributed by atoms with Crippen LogP contribution < -0.4 is 41.2 Å². The van der Waals surface area contributed by atoms with Crippen LogP contribution >= 0.6 is 11.6 Å². The molecule has 0 atom stereocenters. The first-order chi connectivity index (χ1) is 59.7. The predicted octanol–water partition coefficient (Wildman–Crippen LogP) is 24.3. The molecule has 4 heterocycles. The largest absolute Gasteiger partial charge is 0.477 e. The van der Waals surface area contributed by atoms with Gasteiger partial charge in [0.05, 0.1) is 87.1 Å². The topological polar surface area (TPSA) is 194 Å². The Morgan fingerprint density at radius 3 is 0.968 bits per heavy atom. The van der Waals surface area contributed by atoms with E-state index >= 15 is 0 Å². The first-order valence-electron chi connectivity index (χ1n) is 41.2. The number of hydrogen-bond acceptors (Lipinski definition) is 12. The van der Waals surface area contributed by atoms with Gasteiger partial charge in [-0.3, -0.25) is 37.4 Å². The van der Waals surface area contributed by atoms with Crippen LogP contribution in [-0.4, -0.2) is 64.6 Å². The van der Waals surface area contributed by atoms with Crippen LogP contribution in [0, 0.1) is 62.3 Å². The highest BCUT2D eigenvalue weighted by atomic mass is 35.5. The zero-order valence-corrected chi connectivity index (χ0v) is 69.4. The maximum atomic E-state index is 14.9. The third-order valence-electron chi connectivity index (χ3n) is 21.2. The summed E-state index contributed by atoms with van der Waals surface area (Å²) in [7, 11) is 0. The average molecular weight is 1700 g/mol. The molecule has 0 spiro atoms. The predicted molar refractivity (Wildman–Crippen MR) is 472 cm³/mol. The Kier molecular flexibility index (Phi) is 29.9. The monoisotopic (exact) mass is 1690 g/mol. The minimum Gasteiger partial charge on any atom is -0.477 e. The minimum atomic E-state index is -1.09. The van der Waals surface area contributed by atoms with Gasteiger partial charge >= 0.3 is 0 Å². The Balaban J connectivity index is 0.000000150. The van der Waals surface area contributed by atoms with Gasteiger partial charge in [-0.05, 0) is 203 Å². The van der Waals surface area contributed by atoms with Crippen LogP contribution in [0.3, 0.4) is 0 Å². The van der Waals surface area contributed by atoms with E-state index in [4.69, 9.17) is 56.8 Å². The molecular formula is C98H92ClF5N12O8. The molecule has 0 N–H and O–H groups in total. The lowest BCUT2D eigenvalue weighted by Crippen LogP contribution is -2.26. The summed E-state index contributed by atoms with van der Waals surface area (Å²) in [5.41, 5.74) is 6.67. The zero-order chi connectivity index (χ0) is 87.0. The number of hydrogen-bond donors (Lipinski definition) is 0. The van der Waals surface area contributed by atoms with E-state index in [1.54, 1.807) is 37.3 Å². The van der Waals surface area contributed by atoms with Crippen molar-refractivity contribution in [3.05, 3.63) is 325 Å². The van der Waals surface area contributed by atoms with E-state index in [2.05, 4.69) is 46.2 Å². The summed E-state index contributed by atoms with van der Waals surface area (Å²) in [4.78, 5) is 83.0. The summed E-state index contributed by atoms with van der Waals surface area (Å²) in [5.74, 6) is -0.573. The third-order valence-corrected chi connectivity index (χ3v) is 21.5. The SMILES string of the molecule is C.[C-]#[N+]c1ccc(-c2nc(OCCCC)c(C)c(=O)n2-c2ccc(C3CC3)cc2)cc1F.[C-]#[N+]c1ccc(-c2nc(OCCCC)c(Cl)c(=O)n2-c2ccc(C3CC3)cc2)cc1F.[C-]#[N+]c1ccc(-c2nc(OCCCC)c(F)c(=O)n2-c2ccc(C3CC3)cc2)cc1F.[C-]#[N+]c1ccc(-c2nc(OCCCC)cc(=O)n2-c2ccc(C3CC3)cc2)cc1F.